The molecule has 0 aliphatic carbocycles. The van der Waals surface area contributed by atoms with Gasteiger partial charge in [-0.3, -0.25) is 9.88 Å². The lowest BCUT2D eigenvalue weighted by molar-refractivity contribution is 0.0696. The first-order chi connectivity index (χ1) is 17.4. The van der Waals surface area contributed by atoms with E-state index in [1.54, 1.807) is 29.9 Å². The average Bonchev–Trinajstić information content (AvgIpc) is 3.28. The summed E-state index contributed by atoms with van der Waals surface area (Å²) in [4.78, 5) is 23.0. The Morgan fingerprint density at radius 3 is 2.89 bits per heavy atom. The molecule has 10 heteroatoms. The minimum atomic E-state index is -0.991. The third kappa shape index (κ3) is 4.76. The van der Waals surface area contributed by atoms with E-state index in [1.165, 1.54) is 0 Å². The molecule has 4 heterocycles. The minimum Gasteiger partial charge on any atom is -0.478 e. The lowest BCUT2D eigenvalue weighted by atomic mass is 10.1. The summed E-state index contributed by atoms with van der Waals surface area (Å²) in [6.45, 7) is 4.85. The second-order valence-corrected chi connectivity index (χ2v) is 9.30. The lowest BCUT2D eigenvalue weighted by Crippen LogP contribution is -2.33. The molecule has 1 atom stereocenters. The van der Waals surface area contributed by atoms with Crippen molar-refractivity contribution in [1.82, 2.24) is 29.2 Å². The zero-order valence-electron chi connectivity index (χ0n) is 20.6. The molecule has 10 nitrogen and oxygen atoms in total. The molecule has 3 aromatic heterocycles. The largest absolute Gasteiger partial charge is 0.478 e. The molecule has 188 valence electrons. The highest BCUT2D eigenvalue weighted by Gasteiger charge is 2.23. The summed E-state index contributed by atoms with van der Waals surface area (Å²) in [7, 11) is 1.81. The number of hydrogen-bond donors (Lipinski definition) is 2. The van der Waals surface area contributed by atoms with Gasteiger partial charge in [0.15, 0.2) is 0 Å². The molecular weight excluding hydrogens is 458 g/mol. The average molecular weight is 490 g/mol. The Labute approximate surface area is 209 Å². The van der Waals surface area contributed by atoms with Crippen molar-refractivity contribution in [1.29, 1.82) is 0 Å². The number of anilines is 1. The first-order valence-electron chi connectivity index (χ1n) is 12.2. The summed E-state index contributed by atoms with van der Waals surface area (Å²) < 4.78 is 10.0. The Morgan fingerprint density at radius 1 is 1.22 bits per heavy atom. The Kier molecular flexibility index (Phi) is 6.60. The van der Waals surface area contributed by atoms with Crippen LogP contribution in [0.3, 0.4) is 0 Å². The molecule has 0 bridgehead atoms. The predicted molar refractivity (Wildman–Crippen MR) is 137 cm³/mol. The highest BCUT2D eigenvalue weighted by Crippen LogP contribution is 2.30. The standard InChI is InChI=1S/C26H31N7O3/c1-17-13-18(25(34)35)14-22(29-17)20-15-28-31(2)24(20)36-12-11-32-10-6-5-7-19(16-32)33-23-9-4-3-8-21(23)30-26(33)27/h3-4,8-9,13-15,19H,5-7,10-12,16H2,1-2H3,(H2,27,30)(H,34,35). The molecule has 3 N–H and O–H groups in total. The van der Waals surface area contributed by atoms with Gasteiger partial charge in [-0.15, -0.1) is 0 Å². The molecule has 0 amide bonds. The smallest absolute Gasteiger partial charge is 0.335 e. The van der Waals surface area contributed by atoms with Gasteiger partial charge < -0.3 is 20.1 Å². The van der Waals surface area contributed by atoms with Crippen LogP contribution in [0.4, 0.5) is 5.95 Å². The van der Waals surface area contributed by atoms with E-state index >= 15 is 0 Å². The number of fused-ring (bicyclic) bond motifs is 1. The Hall–Kier alpha value is -3.92. The topological polar surface area (TPSA) is 124 Å². The molecule has 1 aliphatic heterocycles. The molecule has 0 radical (unpaired) electrons. The van der Waals surface area contributed by atoms with Crippen LogP contribution in [0.15, 0.2) is 42.6 Å². The van der Waals surface area contributed by atoms with Crippen LogP contribution in [-0.4, -0.2) is 66.5 Å². The van der Waals surface area contributed by atoms with E-state index in [-0.39, 0.29) is 11.6 Å². The number of nitrogen functional groups attached to an aromatic ring is 1. The number of aryl methyl sites for hydroxylation is 2. The molecular formula is C26H31N7O3. The first-order valence-corrected chi connectivity index (χ1v) is 12.2. The van der Waals surface area contributed by atoms with Gasteiger partial charge in [-0.05, 0) is 50.6 Å². The van der Waals surface area contributed by atoms with Gasteiger partial charge in [0, 0.05) is 31.9 Å². The van der Waals surface area contributed by atoms with Crippen LogP contribution >= 0.6 is 0 Å². The second-order valence-electron chi connectivity index (χ2n) is 9.30. The van der Waals surface area contributed by atoms with E-state index in [1.807, 2.05) is 25.2 Å². The van der Waals surface area contributed by atoms with Gasteiger partial charge in [0.05, 0.1) is 34.1 Å². The summed E-state index contributed by atoms with van der Waals surface area (Å²) in [5, 5.41) is 13.8. The molecule has 1 saturated heterocycles. The van der Waals surface area contributed by atoms with Crippen molar-refractivity contribution < 1.29 is 14.6 Å². The van der Waals surface area contributed by atoms with Gasteiger partial charge >= 0.3 is 5.97 Å². The van der Waals surface area contributed by atoms with E-state index in [2.05, 4.69) is 30.6 Å². The normalized spacial score (nSPS) is 16.8. The van der Waals surface area contributed by atoms with Gasteiger partial charge in [0.1, 0.15) is 6.61 Å². The number of nitrogens with zero attached hydrogens (tertiary/aromatic N) is 6. The number of aromatic carboxylic acids is 1. The molecule has 5 rings (SSSR count). The van der Waals surface area contributed by atoms with E-state index in [9.17, 15) is 9.90 Å². The van der Waals surface area contributed by atoms with Gasteiger partial charge in [-0.25, -0.2) is 14.5 Å². The fraction of sp³-hybridized carbons (Fsp3) is 0.385. The zero-order valence-corrected chi connectivity index (χ0v) is 20.6. The summed E-state index contributed by atoms with van der Waals surface area (Å²) in [6, 6.07) is 11.4. The number of imidazole rings is 1. The number of ether oxygens (including phenoxy) is 1. The van der Waals surface area contributed by atoms with Gasteiger partial charge in [-0.1, -0.05) is 18.6 Å². The number of carboxylic acids is 1. The maximum Gasteiger partial charge on any atom is 0.335 e. The van der Waals surface area contributed by atoms with Gasteiger partial charge in [0.2, 0.25) is 11.8 Å². The third-order valence-electron chi connectivity index (χ3n) is 6.73. The number of pyridine rings is 1. The Morgan fingerprint density at radius 2 is 2.06 bits per heavy atom. The number of benzene rings is 1. The number of nitrogens with two attached hydrogens (primary N) is 1. The lowest BCUT2D eigenvalue weighted by Gasteiger charge is -2.26. The first kappa shape index (κ1) is 23.8. The Balaban J connectivity index is 1.30. The number of para-hydroxylation sites is 2. The number of carbonyl (C=O) groups is 1. The van der Waals surface area contributed by atoms with Crippen LogP contribution in [0.5, 0.6) is 5.88 Å². The SMILES string of the molecule is Cc1cc(C(=O)O)cc(-c2cnn(C)c2OCCN2CCCCC(n3c(N)nc4ccccc43)C2)n1. The van der Waals surface area contributed by atoms with E-state index in [0.717, 1.165) is 49.9 Å². The molecule has 4 aromatic rings. The Bertz CT molecular complexity index is 1390. The third-order valence-corrected chi connectivity index (χ3v) is 6.73. The van der Waals surface area contributed by atoms with Gasteiger partial charge in [-0.2, -0.15) is 5.10 Å². The summed E-state index contributed by atoms with van der Waals surface area (Å²) in [5.41, 5.74) is 10.4. The maximum absolute atomic E-state index is 11.5. The minimum absolute atomic E-state index is 0.189. The summed E-state index contributed by atoms with van der Waals surface area (Å²) >= 11 is 0. The molecule has 0 spiro atoms. The van der Waals surface area contributed by atoms with Crippen molar-refractivity contribution >= 4 is 23.0 Å². The highest BCUT2D eigenvalue weighted by molar-refractivity contribution is 5.89. The predicted octanol–water partition coefficient (Wildman–Crippen LogP) is 3.53. The summed E-state index contributed by atoms with van der Waals surface area (Å²) in [5.74, 6) is 0.140. The fourth-order valence-corrected chi connectivity index (χ4v) is 5.03. The molecule has 1 aliphatic rings. The van der Waals surface area contributed by atoms with Crippen LogP contribution in [-0.2, 0) is 7.05 Å². The van der Waals surface area contributed by atoms with Crippen LogP contribution in [0.1, 0.15) is 41.4 Å². The number of likely N-dealkylation sites (tertiary alicyclic amines) is 1. The second kappa shape index (κ2) is 9.98. The van der Waals surface area contributed by atoms with E-state index < -0.39 is 5.97 Å². The number of aromatic nitrogens is 5. The van der Waals surface area contributed by atoms with Crippen molar-refractivity contribution in [3.8, 4) is 17.1 Å². The van der Waals surface area contributed by atoms with Crippen molar-refractivity contribution in [3.63, 3.8) is 0 Å². The van der Waals surface area contributed by atoms with Crippen LogP contribution < -0.4 is 10.5 Å². The van der Waals surface area contributed by atoms with Crippen molar-refractivity contribution in [2.75, 3.05) is 32.0 Å². The number of hydrogen-bond acceptors (Lipinski definition) is 7. The quantitative estimate of drug-likeness (QED) is 0.404. The fourth-order valence-electron chi connectivity index (χ4n) is 5.03. The van der Waals surface area contributed by atoms with Crippen molar-refractivity contribution in [2.45, 2.75) is 32.2 Å². The molecule has 1 unspecified atom stereocenters. The zero-order chi connectivity index (χ0) is 25.2. The van der Waals surface area contributed by atoms with Crippen LogP contribution in [0, 0.1) is 6.92 Å². The van der Waals surface area contributed by atoms with Crippen molar-refractivity contribution in [2.24, 2.45) is 7.05 Å². The van der Waals surface area contributed by atoms with E-state index in [0.29, 0.717) is 35.4 Å². The maximum atomic E-state index is 11.5. The molecule has 1 aromatic carbocycles. The number of carboxylic acid groups (broad SMARTS) is 1. The van der Waals surface area contributed by atoms with Crippen molar-refractivity contribution in [3.05, 3.63) is 53.9 Å². The summed E-state index contributed by atoms with van der Waals surface area (Å²) in [6.07, 6.45) is 4.96. The highest BCUT2D eigenvalue weighted by atomic mass is 16.5. The monoisotopic (exact) mass is 489 g/mol. The molecule has 1 fully saturated rings. The molecule has 0 saturated carbocycles. The van der Waals surface area contributed by atoms with Crippen LogP contribution in [0.2, 0.25) is 0 Å². The van der Waals surface area contributed by atoms with E-state index in [4.69, 9.17) is 10.5 Å². The molecule has 36 heavy (non-hydrogen) atoms. The number of rotatable bonds is 7. The van der Waals surface area contributed by atoms with Gasteiger partial charge in [0.25, 0.3) is 0 Å². The van der Waals surface area contributed by atoms with Crippen LogP contribution in [0.25, 0.3) is 22.3 Å².